The van der Waals surface area contributed by atoms with Crippen LogP contribution in [0.5, 0.6) is 0 Å². The summed E-state index contributed by atoms with van der Waals surface area (Å²) in [6.45, 7) is 0. The van der Waals surface area contributed by atoms with Crippen LogP contribution in [0, 0.1) is 5.95 Å². The first-order valence-corrected chi connectivity index (χ1v) is 5.23. The monoisotopic (exact) mass is 246 g/mol. The van der Waals surface area contributed by atoms with Crippen molar-refractivity contribution in [1.82, 2.24) is 9.97 Å². The molecule has 1 aromatic heterocycles. The van der Waals surface area contributed by atoms with Crippen LogP contribution in [0.25, 0.3) is 0 Å². The smallest absolute Gasteiger partial charge is 0.271 e. The van der Waals surface area contributed by atoms with Gasteiger partial charge in [0.1, 0.15) is 5.69 Å². The summed E-state index contributed by atoms with van der Waals surface area (Å²) in [7, 11) is 0. The number of hydrogen-bond donors (Lipinski definition) is 2. The first kappa shape index (κ1) is 12.0. The molecule has 0 fully saturated rings. The first-order chi connectivity index (χ1) is 8.58. The van der Waals surface area contributed by atoms with E-state index in [1.807, 2.05) is 30.3 Å². The van der Waals surface area contributed by atoms with E-state index in [1.54, 1.807) is 0 Å². The van der Waals surface area contributed by atoms with Crippen LogP contribution in [0.15, 0.2) is 30.3 Å². The quantitative estimate of drug-likeness (QED) is 0.840. The summed E-state index contributed by atoms with van der Waals surface area (Å²) in [5, 5.41) is 0. The minimum absolute atomic E-state index is 0.0868. The molecule has 0 spiro atoms. The molecule has 0 aliphatic rings. The van der Waals surface area contributed by atoms with Gasteiger partial charge in [-0.25, -0.2) is 9.97 Å². The van der Waals surface area contributed by atoms with Crippen LogP contribution in [0.2, 0.25) is 0 Å². The Kier molecular flexibility index (Phi) is 3.18. The van der Waals surface area contributed by atoms with E-state index in [9.17, 15) is 9.18 Å². The van der Waals surface area contributed by atoms with E-state index in [1.165, 1.54) is 0 Å². The Balaban J connectivity index is 2.35. The highest BCUT2D eigenvalue weighted by Crippen LogP contribution is 2.13. The molecule has 1 amide bonds. The van der Waals surface area contributed by atoms with Gasteiger partial charge in [-0.2, -0.15) is 4.39 Å². The van der Waals surface area contributed by atoms with Crippen molar-refractivity contribution in [3.63, 3.8) is 0 Å². The number of rotatable bonds is 3. The Morgan fingerprint density at radius 1 is 1.22 bits per heavy atom. The molecular formula is C12H11FN4O. The van der Waals surface area contributed by atoms with Gasteiger partial charge in [-0.05, 0) is 5.56 Å². The maximum absolute atomic E-state index is 13.6. The van der Waals surface area contributed by atoms with Crippen molar-refractivity contribution >= 4 is 11.7 Å². The molecule has 0 unspecified atom stereocenters. The molecule has 6 heteroatoms. The maximum Gasteiger partial charge on any atom is 0.271 e. The highest BCUT2D eigenvalue weighted by Gasteiger charge is 2.15. The van der Waals surface area contributed by atoms with Crippen LogP contribution in [0.1, 0.15) is 21.7 Å². The molecule has 18 heavy (non-hydrogen) atoms. The third kappa shape index (κ3) is 2.42. The standard InChI is InChI=1S/C12H11FN4O/c13-10-8(6-7-4-2-1-3-5-7)16-11(14)9(17-10)12(15)18/h1-5H,6H2,(H2,14,16)(H2,15,18). The Hall–Kier alpha value is -2.50. The van der Waals surface area contributed by atoms with Crippen molar-refractivity contribution in [3.05, 3.63) is 53.2 Å². The van der Waals surface area contributed by atoms with E-state index >= 15 is 0 Å². The van der Waals surface area contributed by atoms with Crippen LogP contribution < -0.4 is 11.5 Å². The van der Waals surface area contributed by atoms with E-state index in [0.29, 0.717) is 0 Å². The topological polar surface area (TPSA) is 94.9 Å². The fourth-order valence-corrected chi connectivity index (χ4v) is 1.55. The molecule has 0 atom stereocenters. The van der Waals surface area contributed by atoms with Crippen LogP contribution >= 0.6 is 0 Å². The average molecular weight is 246 g/mol. The van der Waals surface area contributed by atoms with Crippen molar-refractivity contribution in [1.29, 1.82) is 0 Å². The first-order valence-electron chi connectivity index (χ1n) is 5.23. The maximum atomic E-state index is 13.6. The lowest BCUT2D eigenvalue weighted by Crippen LogP contribution is -2.19. The van der Waals surface area contributed by atoms with Gasteiger partial charge in [0, 0.05) is 6.42 Å². The van der Waals surface area contributed by atoms with Gasteiger partial charge in [0.05, 0.1) is 0 Å². The summed E-state index contributed by atoms with van der Waals surface area (Å²) in [5.74, 6) is -1.89. The zero-order valence-electron chi connectivity index (χ0n) is 9.43. The molecule has 0 aliphatic heterocycles. The van der Waals surface area contributed by atoms with Gasteiger partial charge in [-0.3, -0.25) is 4.79 Å². The number of nitrogens with two attached hydrogens (primary N) is 2. The van der Waals surface area contributed by atoms with E-state index in [4.69, 9.17) is 11.5 Å². The van der Waals surface area contributed by atoms with Gasteiger partial charge in [-0.15, -0.1) is 0 Å². The molecule has 0 saturated heterocycles. The van der Waals surface area contributed by atoms with Crippen LogP contribution in [0.4, 0.5) is 10.2 Å². The summed E-state index contributed by atoms with van der Waals surface area (Å²) in [4.78, 5) is 18.2. The molecular weight excluding hydrogens is 235 g/mol. The average Bonchev–Trinajstić information content (AvgIpc) is 2.34. The predicted octanol–water partition coefficient (Wildman–Crippen LogP) is 0.888. The zero-order chi connectivity index (χ0) is 13.1. The molecule has 0 bridgehead atoms. The Morgan fingerprint density at radius 2 is 1.89 bits per heavy atom. The summed E-state index contributed by atoms with van der Waals surface area (Å²) < 4.78 is 13.6. The lowest BCUT2D eigenvalue weighted by molar-refractivity contribution is 0.0995. The Labute approximate surface area is 103 Å². The van der Waals surface area contributed by atoms with E-state index in [-0.39, 0.29) is 23.6 Å². The minimum Gasteiger partial charge on any atom is -0.382 e. The summed E-state index contributed by atoms with van der Waals surface area (Å²) in [5.41, 5.74) is 11.1. The van der Waals surface area contributed by atoms with Gasteiger partial charge in [0.15, 0.2) is 11.5 Å². The number of halogens is 1. The molecule has 2 rings (SSSR count). The fourth-order valence-electron chi connectivity index (χ4n) is 1.55. The van der Waals surface area contributed by atoms with Crippen molar-refractivity contribution in [2.24, 2.45) is 5.73 Å². The van der Waals surface area contributed by atoms with E-state index in [2.05, 4.69) is 9.97 Å². The van der Waals surface area contributed by atoms with Gasteiger partial charge in [-0.1, -0.05) is 30.3 Å². The SMILES string of the molecule is NC(=O)c1nc(F)c(Cc2ccccc2)nc1N. The normalized spacial score (nSPS) is 10.3. The highest BCUT2D eigenvalue weighted by atomic mass is 19.1. The van der Waals surface area contributed by atoms with E-state index < -0.39 is 11.9 Å². The largest absolute Gasteiger partial charge is 0.382 e. The van der Waals surface area contributed by atoms with Crippen LogP contribution in [-0.2, 0) is 6.42 Å². The molecule has 1 aromatic carbocycles. The number of nitrogen functional groups attached to an aromatic ring is 1. The van der Waals surface area contributed by atoms with Gasteiger partial charge < -0.3 is 11.5 Å². The molecule has 4 N–H and O–H groups in total. The summed E-state index contributed by atoms with van der Waals surface area (Å²) >= 11 is 0. The number of carbonyl (C=O) groups excluding carboxylic acids is 1. The number of anilines is 1. The fraction of sp³-hybridized carbons (Fsp3) is 0.0833. The lowest BCUT2D eigenvalue weighted by Gasteiger charge is -2.05. The molecule has 0 radical (unpaired) electrons. The molecule has 5 nitrogen and oxygen atoms in total. The predicted molar refractivity (Wildman–Crippen MR) is 64.2 cm³/mol. The third-order valence-corrected chi connectivity index (χ3v) is 2.39. The summed E-state index contributed by atoms with van der Waals surface area (Å²) in [6, 6.07) is 9.19. The second kappa shape index (κ2) is 4.79. The summed E-state index contributed by atoms with van der Waals surface area (Å²) in [6.07, 6.45) is 0.253. The number of amides is 1. The van der Waals surface area contributed by atoms with Gasteiger partial charge in [0.2, 0.25) is 5.95 Å². The lowest BCUT2D eigenvalue weighted by atomic mass is 10.1. The number of aromatic nitrogens is 2. The molecule has 2 aromatic rings. The molecule has 0 aliphatic carbocycles. The number of primary amides is 1. The van der Waals surface area contributed by atoms with Crippen molar-refractivity contribution in [2.75, 3.05) is 5.73 Å². The molecule has 1 heterocycles. The zero-order valence-corrected chi connectivity index (χ0v) is 9.43. The second-order valence-corrected chi connectivity index (χ2v) is 3.72. The van der Waals surface area contributed by atoms with Crippen LogP contribution in [-0.4, -0.2) is 15.9 Å². The molecule has 92 valence electrons. The van der Waals surface area contributed by atoms with Crippen molar-refractivity contribution in [3.8, 4) is 0 Å². The number of nitrogens with zero attached hydrogens (tertiary/aromatic N) is 2. The number of benzene rings is 1. The third-order valence-electron chi connectivity index (χ3n) is 2.39. The number of hydrogen-bond acceptors (Lipinski definition) is 4. The second-order valence-electron chi connectivity index (χ2n) is 3.72. The minimum atomic E-state index is -0.898. The van der Waals surface area contributed by atoms with E-state index in [0.717, 1.165) is 5.56 Å². The van der Waals surface area contributed by atoms with Gasteiger partial charge in [0.25, 0.3) is 5.91 Å². The number of carbonyl (C=O) groups is 1. The van der Waals surface area contributed by atoms with Crippen LogP contribution in [0.3, 0.4) is 0 Å². The van der Waals surface area contributed by atoms with Crippen molar-refractivity contribution < 1.29 is 9.18 Å². The highest BCUT2D eigenvalue weighted by molar-refractivity contribution is 5.94. The van der Waals surface area contributed by atoms with Crippen molar-refractivity contribution in [2.45, 2.75) is 6.42 Å². The Morgan fingerprint density at radius 3 is 2.50 bits per heavy atom. The molecule has 0 saturated carbocycles. The Bertz CT molecular complexity index is 586. The van der Waals surface area contributed by atoms with Gasteiger partial charge >= 0.3 is 0 Å².